The van der Waals surface area contributed by atoms with E-state index >= 15 is 0 Å². The minimum absolute atomic E-state index is 0.00912. The lowest BCUT2D eigenvalue weighted by Crippen LogP contribution is -2.52. The van der Waals surface area contributed by atoms with Crippen LogP contribution in [-0.4, -0.2) is 45.8 Å². The van der Waals surface area contributed by atoms with E-state index in [4.69, 9.17) is 5.11 Å². The fraction of sp³-hybridized carbons (Fsp3) is 0.900. The number of carboxylic acid groups (broad SMARTS) is 1. The van der Waals surface area contributed by atoms with E-state index in [2.05, 4.69) is 0 Å². The molecular formula is C10H19NO3. The molecule has 1 heterocycles. The van der Waals surface area contributed by atoms with Gasteiger partial charge in [-0.1, -0.05) is 6.42 Å². The van der Waals surface area contributed by atoms with Crippen LogP contribution in [0, 0.1) is 0 Å². The number of aliphatic carboxylic acids is 1. The summed E-state index contributed by atoms with van der Waals surface area (Å²) >= 11 is 0. The van der Waals surface area contributed by atoms with Crippen molar-refractivity contribution in [1.29, 1.82) is 0 Å². The molecule has 1 rings (SSSR count). The van der Waals surface area contributed by atoms with Crippen LogP contribution >= 0.6 is 0 Å². The van der Waals surface area contributed by atoms with Gasteiger partial charge in [0.2, 0.25) is 0 Å². The van der Waals surface area contributed by atoms with Crippen molar-refractivity contribution in [2.75, 3.05) is 6.54 Å². The molecule has 0 amide bonds. The smallest absolute Gasteiger partial charge is 0.320 e. The Morgan fingerprint density at radius 2 is 2.07 bits per heavy atom. The van der Waals surface area contributed by atoms with Crippen LogP contribution in [-0.2, 0) is 4.79 Å². The number of likely N-dealkylation sites (tertiary alicyclic amines) is 1. The first-order valence-electron chi connectivity index (χ1n) is 5.20. The lowest BCUT2D eigenvalue weighted by atomic mass is 9.96. The molecule has 4 nitrogen and oxygen atoms in total. The number of rotatable bonds is 3. The van der Waals surface area contributed by atoms with E-state index in [0.29, 0.717) is 0 Å². The summed E-state index contributed by atoms with van der Waals surface area (Å²) in [6.45, 7) is 4.20. The van der Waals surface area contributed by atoms with Gasteiger partial charge in [0.1, 0.15) is 6.04 Å². The van der Waals surface area contributed by atoms with Gasteiger partial charge in [0.15, 0.2) is 0 Å². The summed E-state index contributed by atoms with van der Waals surface area (Å²) in [5.74, 6) is -0.808. The van der Waals surface area contributed by atoms with Gasteiger partial charge in [-0.05, 0) is 33.2 Å². The molecule has 1 aliphatic rings. The summed E-state index contributed by atoms with van der Waals surface area (Å²) in [7, 11) is 0. The molecule has 0 aromatic heterocycles. The molecule has 0 unspecified atom stereocenters. The molecule has 2 N–H and O–H groups in total. The maximum atomic E-state index is 10.8. The van der Waals surface area contributed by atoms with Crippen LogP contribution in [0.15, 0.2) is 0 Å². The predicted molar refractivity (Wildman–Crippen MR) is 53.1 cm³/mol. The Kier molecular flexibility index (Phi) is 3.89. The van der Waals surface area contributed by atoms with E-state index in [9.17, 15) is 9.90 Å². The fourth-order valence-electron chi connectivity index (χ4n) is 2.12. The molecule has 0 aliphatic carbocycles. The van der Waals surface area contributed by atoms with E-state index in [0.717, 1.165) is 25.8 Å². The van der Waals surface area contributed by atoms with E-state index in [-0.39, 0.29) is 6.04 Å². The largest absolute Gasteiger partial charge is 0.480 e. The van der Waals surface area contributed by atoms with Crippen LogP contribution in [0.4, 0.5) is 0 Å². The van der Waals surface area contributed by atoms with Gasteiger partial charge in [0, 0.05) is 6.04 Å². The van der Waals surface area contributed by atoms with E-state index in [1.54, 1.807) is 13.8 Å². The number of hydrogen-bond donors (Lipinski definition) is 2. The lowest BCUT2D eigenvalue weighted by molar-refractivity contribution is -0.145. The average Bonchev–Trinajstić information content (AvgIpc) is 2.16. The Morgan fingerprint density at radius 3 is 2.57 bits per heavy atom. The Hall–Kier alpha value is -0.610. The lowest BCUT2D eigenvalue weighted by Gasteiger charge is -2.39. The molecule has 1 saturated heterocycles. The van der Waals surface area contributed by atoms with Crippen molar-refractivity contribution in [1.82, 2.24) is 4.90 Å². The first-order valence-corrected chi connectivity index (χ1v) is 5.20. The molecule has 0 bridgehead atoms. The molecule has 0 spiro atoms. The van der Waals surface area contributed by atoms with E-state index in [1.165, 1.54) is 0 Å². The topological polar surface area (TPSA) is 60.8 Å². The number of nitrogens with zero attached hydrogens (tertiary/aromatic N) is 1. The minimum atomic E-state index is -0.808. The highest BCUT2D eigenvalue weighted by molar-refractivity contribution is 5.72. The monoisotopic (exact) mass is 201 g/mol. The second-order valence-electron chi connectivity index (χ2n) is 4.06. The first kappa shape index (κ1) is 11.5. The van der Waals surface area contributed by atoms with Crippen LogP contribution in [0.25, 0.3) is 0 Å². The van der Waals surface area contributed by atoms with Crippen LogP contribution in [0.3, 0.4) is 0 Å². The molecular weight excluding hydrogens is 182 g/mol. The van der Waals surface area contributed by atoms with E-state index in [1.807, 2.05) is 4.90 Å². The average molecular weight is 201 g/mol. The second-order valence-corrected chi connectivity index (χ2v) is 4.06. The summed E-state index contributed by atoms with van der Waals surface area (Å²) < 4.78 is 0. The number of aliphatic hydroxyl groups excluding tert-OH is 1. The highest BCUT2D eigenvalue weighted by Crippen LogP contribution is 2.22. The second kappa shape index (κ2) is 4.75. The fourth-order valence-corrected chi connectivity index (χ4v) is 2.12. The van der Waals surface area contributed by atoms with Crippen molar-refractivity contribution < 1.29 is 15.0 Å². The summed E-state index contributed by atoms with van der Waals surface area (Å²) in [6, 6.07) is -0.482. The number of carboxylic acids is 1. The van der Waals surface area contributed by atoms with Gasteiger partial charge in [0.25, 0.3) is 0 Å². The van der Waals surface area contributed by atoms with Crippen molar-refractivity contribution in [3.05, 3.63) is 0 Å². The van der Waals surface area contributed by atoms with Crippen LogP contribution in [0.5, 0.6) is 0 Å². The molecule has 4 heteroatoms. The van der Waals surface area contributed by atoms with Gasteiger partial charge in [-0.15, -0.1) is 0 Å². The van der Waals surface area contributed by atoms with Gasteiger partial charge < -0.3 is 10.2 Å². The quantitative estimate of drug-likeness (QED) is 0.705. The molecule has 0 saturated carbocycles. The molecule has 1 fully saturated rings. The highest BCUT2D eigenvalue weighted by Gasteiger charge is 2.32. The third-order valence-corrected chi connectivity index (χ3v) is 3.00. The Labute approximate surface area is 84.5 Å². The van der Waals surface area contributed by atoms with Crippen LogP contribution in [0.2, 0.25) is 0 Å². The van der Waals surface area contributed by atoms with Crippen molar-refractivity contribution in [2.24, 2.45) is 0 Å². The van der Waals surface area contributed by atoms with Crippen molar-refractivity contribution in [3.63, 3.8) is 0 Å². The van der Waals surface area contributed by atoms with Crippen molar-refractivity contribution >= 4 is 5.97 Å². The Balaban J connectivity index is 2.67. The Morgan fingerprint density at radius 1 is 1.43 bits per heavy atom. The summed E-state index contributed by atoms with van der Waals surface area (Å²) in [5, 5.41) is 18.5. The summed E-state index contributed by atoms with van der Waals surface area (Å²) in [4.78, 5) is 12.7. The predicted octanol–water partition coefficient (Wildman–Crippen LogP) is 0.695. The highest BCUT2D eigenvalue weighted by atomic mass is 16.4. The molecule has 0 aromatic carbocycles. The molecule has 0 radical (unpaired) electrons. The maximum Gasteiger partial charge on any atom is 0.320 e. The van der Waals surface area contributed by atoms with Crippen molar-refractivity contribution in [2.45, 2.75) is 51.3 Å². The zero-order valence-corrected chi connectivity index (χ0v) is 8.81. The number of piperidine rings is 1. The van der Waals surface area contributed by atoms with Gasteiger partial charge >= 0.3 is 5.97 Å². The molecule has 1 aliphatic heterocycles. The third-order valence-electron chi connectivity index (χ3n) is 3.00. The number of hydrogen-bond acceptors (Lipinski definition) is 3. The molecule has 0 aromatic rings. The SMILES string of the molecule is C[C@H](O)[C@H]1CCCCN1[C@H](C)C(=O)O. The normalized spacial score (nSPS) is 28.4. The van der Waals surface area contributed by atoms with Crippen LogP contribution < -0.4 is 0 Å². The zero-order valence-electron chi connectivity index (χ0n) is 8.81. The summed E-state index contributed by atoms with van der Waals surface area (Å²) in [5.41, 5.74) is 0. The van der Waals surface area contributed by atoms with E-state index < -0.39 is 18.1 Å². The van der Waals surface area contributed by atoms with Gasteiger partial charge in [-0.25, -0.2) is 0 Å². The standard InChI is InChI=1S/C10H19NO3/c1-7(10(13)14)11-6-4-3-5-9(11)8(2)12/h7-9,12H,3-6H2,1-2H3,(H,13,14)/t7-,8+,9-/m1/s1. The van der Waals surface area contributed by atoms with Gasteiger partial charge in [0.05, 0.1) is 6.10 Å². The molecule has 82 valence electrons. The number of carbonyl (C=O) groups is 1. The van der Waals surface area contributed by atoms with Crippen LogP contribution in [0.1, 0.15) is 33.1 Å². The summed E-state index contributed by atoms with van der Waals surface area (Å²) in [6.07, 6.45) is 2.56. The van der Waals surface area contributed by atoms with Gasteiger partial charge in [-0.2, -0.15) is 0 Å². The zero-order chi connectivity index (χ0) is 10.7. The maximum absolute atomic E-state index is 10.8. The first-order chi connectivity index (χ1) is 6.54. The number of aliphatic hydroxyl groups is 1. The van der Waals surface area contributed by atoms with Gasteiger partial charge in [-0.3, -0.25) is 9.69 Å². The molecule has 14 heavy (non-hydrogen) atoms. The minimum Gasteiger partial charge on any atom is -0.480 e. The van der Waals surface area contributed by atoms with Crippen molar-refractivity contribution in [3.8, 4) is 0 Å². The Bertz CT molecular complexity index is 206. The third kappa shape index (κ3) is 2.45. The molecule has 3 atom stereocenters.